The average molecular weight is 399 g/mol. The van der Waals surface area contributed by atoms with Gasteiger partial charge in [0.05, 0.1) is 23.9 Å². The van der Waals surface area contributed by atoms with Gasteiger partial charge in [0.1, 0.15) is 11.5 Å². The Morgan fingerprint density at radius 3 is 2.71 bits per heavy atom. The van der Waals surface area contributed by atoms with Gasteiger partial charge in [-0.3, -0.25) is 4.79 Å². The lowest BCUT2D eigenvalue weighted by Crippen LogP contribution is -2.16. The van der Waals surface area contributed by atoms with E-state index in [-0.39, 0.29) is 5.91 Å². The maximum Gasteiger partial charge on any atom is 0.279 e. The maximum absolute atomic E-state index is 12.8. The van der Waals surface area contributed by atoms with Crippen molar-refractivity contribution in [2.45, 2.75) is 39.7 Å². The summed E-state index contributed by atoms with van der Waals surface area (Å²) in [6.45, 7) is 5.69. The molecule has 0 spiro atoms. The average Bonchev–Trinajstić information content (AvgIpc) is 3.05. The molecule has 0 radical (unpaired) electrons. The molecule has 1 heterocycles. The first-order chi connectivity index (χ1) is 13.7. The maximum atomic E-state index is 12.8. The highest BCUT2D eigenvalue weighted by molar-refractivity contribution is 7.16. The van der Waals surface area contributed by atoms with Crippen LogP contribution in [0.5, 0.6) is 11.5 Å². The molecular weight excluding hydrogens is 372 g/mol. The Kier molecular flexibility index (Phi) is 6.87. The third-order valence-electron chi connectivity index (χ3n) is 4.38. The van der Waals surface area contributed by atoms with Crippen molar-refractivity contribution in [2.24, 2.45) is 4.99 Å². The number of hydrogen-bond donors (Lipinski definition) is 0. The van der Waals surface area contributed by atoms with Gasteiger partial charge in [0, 0.05) is 12.1 Å². The fourth-order valence-electron chi connectivity index (χ4n) is 2.91. The van der Waals surface area contributed by atoms with Crippen LogP contribution in [0.3, 0.4) is 0 Å². The molecule has 6 heteroatoms. The molecule has 0 aliphatic carbocycles. The number of carbonyl (C=O) groups excluding carboxylic acids is 1. The van der Waals surface area contributed by atoms with Crippen LogP contribution in [0.4, 0.5) is 0 Å². The van der Waals surface area contributed by atoms with Crippen LogP contribution in [-0.4, -0.2) is 24.2 Å². The summed E-state index contributed by atoms with van der Waals surface area (Å²) in [5.74, 6) is 1.24. The van der Waals surface area contributed by atoms with Gasteiger partial charge in [0.2, 0.25) is 0 Å². The molecular formula is C22H26N2O3S. The fourth-order valence-corrected chi connectivity index (χ4v) is 3.99. The molecule has 0 saturated heterocycles. The Balaban J connectivity index is 1.95. The molecule has 0 N–H and O–H groups in total. The summed E-state index contributed by atoms with van der Waals surface area (Å²) < 4.78 is 14.2. The minimum absolute atomic E-state index is 0.260. The number of aromatic nitrogens is 1. The molecule has 28 heavy (non-hydrogen) atoms. The number of unbranched alkanes of at least 4 members (excludes halogenated alkanes) is 1. The second kappa shape index (κ2) is 9.55. The number of nitrogens with zero attached hydrogens (tertiary/aromatic N) is 2. The van der Waals surface area contributed by atoms with E-state index in [1.165, 1.54) is 11.3 Å². The predicted molar refractivity (Wildman–Crippen MR) is 113 cm³/mol. The summed E-state index contributed by atoms with van der Waals surface area (Å²) in [6.07, 6.45) is 3.02. The number of hydrogen-bond acceptors (Lipinski definition) is 4. The zero-order chi connectivity index (χ0) is 19.9. The zero-order valence-corrected chi connectivity index (χ0v) is 17.4. The number of benzene rings is 2. The van der Waals surface area contributed by atoms with Crippen molar-refractivity contribution in [3.8, 4) is 11.5 Å². The molecule has 148 valence electrons. The van der Waals surface area contributed by atoms with Crippen molar-refractivity contribution in [2.75, 3.05) is 13.7 Å². The van der Waals surface area contributed by atoms with E-state index in [0.29, 0.717) is 22.7 Å². The molecule has 0 atom stereocenters. The molecule has 1 amide bonds. The molecule has 2 aromatic carbocycles. The van der Waals surface area contributed by atoms with Gasteiger partial charge in [-0.15, -0.1) is 0 Å². The van der Waals surface area contributed by atoms with E-state index in [0.717, 1.165) is 41.8 Å². The van der Waals surface area contributed by atoms with Crippen molar-refractivity contribution in [1.29, 1.82) is 0 Å². The summed E-state index contributed by atoms with van der Waals surface area (Å²) in [5.41, 5.74) is 1.60. The molecule has 0 bridgehead atoms. The highest BCUT2D eigenvalue weighted by atomic mass is 32.1. The molecule has 0 fully saturated rings. The largest absolute Gasteiger partial charge is 0.497 e. The summed E-state index contributed by atoms with van der Waals surface area (Å²) in [7, 11) is 1.65. The van der Waals surface area contributed by atoms with Crippen molar-refractivity contribution in [3.63, 3.8) is 0 Å². The monoisotopic (exact) mass is 398 g/mol. The summed E-state index contributed by atoms with van der Waals surface area (Å²) in [5, 5.41) is 0. The highest BCUT2D eigenvalue weighted by Crippen LogP contribution is 2.23. The van der Waals surface area contributed by atoms with Crippen LogP contribution in [-0.2, 0) is 6.54 Å². The second-order valence-electron chi connectivity index (χ2n) is 6.52. The van der Waals surface area contributed by atoms with E-state index in [1.54, 1.807) is 19.2 Å². The van der Waals surface area contributed by atoms with Crippen LogP contribution in [0.25, 0.3) is 10.2 Å². The standard InChI is InChI=1S/C22H26N2O3S/c1-4-6-13-27-18-9-7-8-16(14-18)21(25)23-22-24(12-5-2)19-11-10-17(26-3)15-20(19)28-22/h7-11,14-15H,4-6,12-13H2,1-3H3. The van der Waals surface area contributed by atoms with E-state index in [2.05, 4.69) is 23.4 Å². The minimum atomic E-state index is -0.260. The Morgan fingerprint density at radius 2 is 1.96 bits per heavy atom. The Morgan fingerprint density at radius 1 is 1.11 bits per heavy atom. The quantitative estimate of drug-likeness (QED) is 0.500. The fraction of sp³-hybridized carbons (Fsp3) is 0.364. The predicted octanol–water partition coefficient (Wildman–Crippen LogP) is 5.04. The van der Waals surface area contributed by atoms with Crippen LogP contribution < -0.4 is 14.3 Å². The number of carbonyl (C=O) groups is 1. The second-order valence-corrected chi connectivity index (χ2v) is 7.53. The van der Waals surface area contributed by atoms with Gasteiger partial charge in [0.15, 0.2) is 4.80 Å². The summed E-state index contributed by atoms with van der Waals surface area (Å²) in [6, 6.07) is 13.2. The first-order valence-corrected chi connectivity index (χ1v) is 10.5. The van der Waals surface area contributed by atoms with Crippen molar-refractivity contribution >= 4 is 27.5 Å². The third kappa shape index (κ3) is 4.62. The van der Waals surface area contributed by atoms with Crippen LogP contribution in [0, 0.1) is 0 Å². The number of fused-ring (bicyclic) bond motifs is 1. The van der Waals surface area contributed by atoms with Gasteiger partial charge in [-0.25, -0.2) is 0 Å². The van der Waals surface area contributed by atoms with Crippen LogP contribution in [0.15, 0.2) is 47.5 Å². The van der Waals surface area contributed by atoms with Gasteiger partial charge >= 0.3 is 0 Å². The Bertz CT molecular complexity index is 1020. The molecule has 1 aromatic heterocycles. The zero-order valence-electron chi connectivity index (χ0n) is 16.6. The van der Waals surface area contributed by atoms with Gasteiger partial charge in [0.25, 0.3) is 5.91 Å². The van der Waals surface area contributed by atoms with Crippen LogP contribution in [0.1, 0.15) is 43.5 Å². The van der Waals surface area contributed by atoms with E-state index < -0.39 is 0 Å². The lowest BCUT2D eigenvalue weighted by atomic mass is 10.2. The van der Waals surface area contributed by atoms with Gasteiger partial charge < -0.3 is 14.0 Å². The smallest absolute Gasteiger partial charge is 0.279 e. The lowest BCUT2D eigenvalue weighted by Gasteiger charge is -2.06. The highest BCUT2D eigenvalue weighted by Gasteiger charge is 2.10. The number of aryl methyl sites for hydroxylation is 1. The minimum Gasteiger partial charge on any atom is -0.497 e. The SMILES string of the molecule is CCCCOc1cccc(C(=O)N=c2sc3cc(OC)ccc3n2CCC)c1. The first kappa shape index (κ1) is 20.1. The molecule has 5 nitrogen and oxygen atoms in total. The normalized spacial score (nSPS) is 11.8. The lowest BCUT2D eigenvalue weighted by molar-refractivity contribution is 0.0997. The number of rotatable bonds is 8. The van der Waals surface area contributed by atoms with Crippen molar-refractivity contribution < 1.29 is 14.3 Å². The topological polar surface area (TPSA) is 52.8 Å². The van der Waals surface area contributed by atoms with E-state index in [9.17, 15) is 4.79 Å². The number of methoxy groups -OCH3 is 1. The molecule has 0 aliphatic heterocycles. The number of ether oxygens (including phenoxy) is 2. The molecule has 0 unspecified atom stereocenters. The van der Waals surface area contributed by atoms with E-state index in [1.807, 2.05) is 30.3 Å². The van der Waals surface area contributed by atoms with Gasteiger partial charge in [-0.05, 0) is 49.2 Å². The van der Waals surface area contributed by atoms with Crippen LogP contribution >= 0.6 is 11.3 Å². The Hall–Kier alpha value is -2.60. The van der Waals surface area contributed by atoms with Crippen molar-refractivity contribution in [1.82, 2.24) is 4.57 Å². The summed E-state index contributed by atoms with van der Waals surface area (Å²) >= 11 is 1.50. The molecule has 0 aliphatic rings. The first-order valence-electron chi connectivity index (χ1n) is 9.65. The number of amides is 1. The van der Waals surface area contributed by atoms with Crippen LogP contribution in [0.2, 0.25) is 0 Å². The number of thiazole rings is 1. The van der Waals surface area contributed by atoms with E-state index >= 15 is 0 Å². The van der Waals surface area contributed by atoms with Gasteiger partial charge in [-0.2, -0.15) is 4.99 Å². The molecule has 3 rings (SSSR count). The van der Waals surface area contributed by atoms with Gasteiger partial charge in [-0.1, -0.05) is 37.7 Å². The Labute approximate surface area is 169 Å². The molecule has 0 saturated carbocycles. The van der Waals surface area contributed by atoms with E-state index in [4.69, 9.17) is 9.47 Å². The third-order valence-corrected chi connectivity index (χ3v) is 5.42. The van der Waals surface area contributed by atoms with Crippen molar-refractivity contribution in [3.05, 3.63) is 52.8 Å². The summed E-state index contributed by atoms with van der Waals surface area (Å²) in [4.78, 5) is 17.9. The molecule has 3 aromatic rings.